The molecule has 1 unspecified atom stereocenters. The molecule has 38 heavy (non-hydrogen) atoms. The molecule has 1 aromatic rings. The van der Waals surface area contributed by atoms with Gasteiger partial charge in [-0.2, -0.15) is 0 Å². The van der Waals surface area contributed by atoms with Crippen molar-refractivity contribution in [3.8, 4) is 5.75 Å². The molecule has 0 bridgehead atoms. The number of ether oxygens (including phenoxy) is 2. The Hall–Kier alpha value is -1.46. The molecule has 0 spiro atoms. The van der Waals surface area contributed by atoms with Crippen molar-refractivity contribution in [2.24, 2.45) is 5.92 Å². The molecule has 8 nitrogen and oxygen atoms in total. The Kier molecular flexibility index (Phi) is 11.4. The predicted molar refractivity (Wildman–Crippen MR) is 150 cm³/mol. The highest BCUT2D eigenvalue weighted by molar-refractivity contribution is 7.90. The summed E-state index contributed by atoms with van der Waals surface area (Å²) in [6.45, 7) is 15.9. The van der Waals surface area contributed by atoms with Crippen LogP contribution in [0.2, 0.25) is 10.0 Å². The fourth-order valence-corrected chi connectivity index (χ4v) is 5.26. The highest BCUT2D eigenvalue weighted by atomic mass is 35.5. The Morgan fingerprint density at radius 2 is 1.74 bits per heavy atom. The zero-order valence-corrected chi connectivity index (χ0v) is 25.8. The van der Waals surface area contributed by atoms with Crippen molar-refractivity contribution >= 4 is 46.8 Å². The van der Waals surface area contributed by atoms with E-state index >= 15 is 4.39 Å². The summed E-state index contributed by atoms with van der Waals surface area (Å²) in [7, 11) is 0. The Morgan fingerprint density at radius 1 is 1.18 bits per heavy atom. The Labute approximate surface area is 238 Å². The van der Waals surface area contributed by atoms with Crippen LogP contribution >= 0.6 is 23.2 Å². The van der Waals surface area contributed by atoms with Crippen LogP contribution in [0.15, 0.2) is 6.07 Å². The van der Waals surface area contributed by atoms with Crippen LogP contribution in [0.4, 0.5) is 14.0 Å². The lowest BCUT2D eigenvalue weighted by Crippen LogP contribution is -2.47. The number of nitrogens with zero attached hydrogens (tertiary/aromatic N) is 2. The molecule has 0 aliphatic carbocycles. The van der Waals surface area contributed by atoms with Crippen LogP contribution in [-0.2, 0) is 16.1 Å². The van der Waals surface area contributed by atoms with E-state index < -0.39 is 45.8 Å². The summed E-state index contributed by atoms with van der Waals surface area (Å²) in [5.74, 6) is -1.20. The highest BCUT2D eigenvalue weighted by Crippen LogP contribution is 2.43. The number of carbonyl (C=O) groups is 2. The number of benzene rings is 1. The molecule has 1 aliphatic rings. The Bertz CT molecular complexity index is 991. The van der Waals surface area contributed by atoms with E-state index in [0.29, 0.717) is 39.0 Å². The van der Waals surface area contributed by atoms with Gasteiger partial charge in [0.2, 0.25) is 0 Å². The maximum atomic E-state index is 15.8. The van der Waals surface area contributed by atoms with Crippen molar-refractivity contribution in [3.63, 3.8) is 0 Å². The summed E-state index contributed by atoms with van der Waals surface area (Å²) >= 11 is 10.8. The first-order chi connectivity index (χ1) is 17.5. The van der Waals surface area contributed by atoms with Crippen LogP contribution < -0.4 is 9.46 Å². The molecule has 0 saturated carbocycles. The van der Waals surface area contributed by atoms with Gasteiger partial charge in [0.05, 0.1) is 21.7 Å². The lowest BCUT2D eigenvalue weighted by molar-refractivity contribution is 0.0170. The molecule has 1 N–H and O–H groups in total. The van der Waals surface area contributed by atoms with Gasteiger partial charge in [-0.1, -0.05) is 23.2 Å². The highest BCUT2D eigenvalue weighted by Gasteiger charge is 2.40. The average Bonchev–Trinajstić information content (AvgIpc) is 2.81. The standard InChI is InChI=1S/C26H40Cl2FN3O5S/c1-9-31(10-2)23(33)36-18-15-17(27)20(28)21(29)19(18)22(30-38(35)26(6,7)8)16-11-13-32(14-12-16)24(34)37-25(3,4)5/h15-16,22,30H,9-14H2,1-8H3/t22?,38-/m0/s1. The van der Waals surface area contributed by atoms with E-state index in [-0.39, 0.29) is 27.3 Å². The van der Waals surface area contributed by atoms with E-state index in [9.17, 15) is 14.1 Å². The molecular weight excluding hydrogens is 556 g/mol. The smallest absolute Gasteiger partial charge is 0.415 e. The van der Waals surface area contributed by atoms with Crippen LogP contribution in [0.3, 0.4) is 0 Å². The summed E-state index contributed by atoms with van der Waals surface area (Å²) in [4.78, 5) is 28.4. The quantitative estimate of drug-likeness (QED) is 0.278. The maximum Gasteiger partial charge on any atom is 0.415 e. The number of piperidine rings is 1. The number of nitrogens with one attached hydrogen (secondary N) is 1. The summed E-state index contributed by atoms with van der Waals surface area (Å²) in [6.07, 6.45) is -0.166. The van der Waals surface area contributed by atoms with Gasteiger partial charge in [-0.25, -0.2) is 14.0 Å². The Morgan fingerprint density at radius 3 is 2.21 bits per heavy atom. The van der Waals surface area contributed by atoms with Crippen molar-refractivity contribution in [2.45, 2.75) is 84.6 Å². The largest absolute Gasteiger partial charge is 0.598 e. The summed E-state index contributed by atoms with van der Waals surface area (Å²) in [5.41, 5.74) is -0.651. The van der Waals surface area contributed by atoms with Crippen molar-refractivity contribution in [2.75, 3.05) is 26.2 Å². The number of carbonyl (C=O) groups excluding carboxylic acids is 2. The third kappa shape index (κ3) is 8.52. The molecule has 1 aromatic carbocycles. The molecule has 1 saturated heterocycles. The van der Waals surface area contributed by atoms with E-state index in [1.165, 1.54) is 11.0 Å². The van der Waals surface area contributed by atoms with Gasteiger partial charge >= 0.3 is 12.2 Å². The molecule has 1 aliphatic heterocycles. The third-order valence-electron chi connectivity index (χ3n) is 6.14. The van der Waals surface area contributed by atoms with Gasteiger partial charge in [0, 0.05) is 43.6 Å². The van der Waals surface area contributed by atoms with Crippen molar-refractivity contribution < 1.29 is 28.0 Å². The minimum atomic E-state index is -1.60. The maximum absolute atomic E-state index is 15.8. The zero-order valence-electron chi connectivity index (χ0n) is 23.5. The monoisotopic (exact) mass is 595 g/mol. The van der Waals surface area contributed by atoms with E-state index in [1.807, 2.05) is 0 Å². The van der Waals surface area contributed by atoms with Crippen LogP contribution in [0.5, 0.6) is 5.75 Å². The van der Waals surface area contributed by atoms with Crippen LogP contribution in [0.25, 0.3) is 0 Å². The SMILES string of the molecule is CCN(CC)C(=O)Oc1cc(Cl)c(Cl)c(F)c1C(N[S@@+]([O-])C(C)(C)C)C1CCN(C(=O)OC(C)(C)C)CC1. The predicted octanol–water partition coefficient (Wildman–Crippen LogP) is 6.71. The molecule has 1 heterocycles. The van der Waals surface area contributed by atoms with E-state index in [1.54, 1.807) is 60.3 Å². The van der Waals surface area contributed by atoms with Gasteiger partial charge in [0.1, 0.15) is 16.1 Å². The number of hydrogen-bond acceptors (Lipinski definition) is 6. The zero-order chi connectivity index (χ0) is 29.0. The first-order valence-corrected chi connectivity index (χ1v) is 14.7. The number of amides is 2. The summed E-state index contributed by atoms with van der Waals surface area (Å²) in [5, 5.41) is -0.422. The molecular formula is C26H40Cl2FN3O5S. The fraction of sp³-hybridized carbons (Fsp3) is 0.692. The molecule has 2 amide bonds. The Balaban J connectivity index is 2.49. The molecule has 2 rings (SSSR count). The average molecular weight is 597 g/mol. The first-order valence-electron chi connectivity index (χ1n) is 12.8. The molecule has 12 heteroatoms. The van der Waals surface area contributed by atoms with E-state index in [0.717, 1.165) is 0 Å². The lowest BCUT2D eigenvalue weighted by Gasteiger charge is -2.38. The number of halogens is 3. The summed E-state index contributed by atoms with van der Waals surface area (Å²) < 4.78 is 42.6. The van der Waals surface area contributed by atoms with Crippen LogP contribution in [0.1, 0.15) is 79.8 Å². The van der Waals surface area contributed by atoms with Gasteiger partial charge in [-0.15, -0.1) is 4.72 Å². The van der Waals surface area contributed by atoms with Crippen LogP contribution in [0, 0.1) is 11.7 Å². The normalized spacial score (nSPS) is 16.7. The third-order valence-corrected chi connectivity index (χ3v) is 8.49. The van der Waals surface area contributed by atoms with Gasteiger partial charge in [-0.3, -0.25) is 0 Å². The van der Waals surface area contributed by atoms with E-state index in [4.69, 9.17) is 32.7 Å². The fourth-order valence-electron chi connectivity index (χ4n) is 4.03. The number of rotatable bonds is 7. The minimum Gasteiger partial charge on any atom is -0.598 e. The first kappa shape index (κ1) is 32.8. The van der Waals surface area contributed by atoms with E-state index in [2.05, 4.69) is 4.72 Å². The van der Waals surface area contributed by atoms with Crippen molar-refractivity contribution in [1.82, 2.24) is 14.5 Å². The van der Waals surface area contributed by atoms with Gasteiger partial charge in [-0.05, 0) is 74.1 Å². The topological polar surface area (TPSA) is 94.2 Å². The number of hydrogen-bond donors (Lipinski definition) is 1. The van der Waals surface area contributed by atoms with Crippen molar-refractivity contribution in [1.29, 1.82) is 0 Å². The molecule has 216 valence electrons. The van der Waals surface area contributed by atoms with Gasteiger partial charge in [0.25, 0.3) is 0 Å². The van der Waals surface area contributed by atoms with Crippen molar-refractivity contribution in [3.05, 3.63) is 27.5 Å². The van der Waals surface area contributed by atoms with Gasteiger partial charge in [0.15, 0.2) is 5.82 Å². The molecule has 0 radical (unpaired) electrons. The molecule has 2 atom stereocenters. The second-order valence-electron chi connectivity index (χ2n) is 11.2. The second-order valence-corrected chi connectivity index (χ2v) is 14.0. The lowest BCUT2D eigenvalue weighted by atomic mass is 9.85. The second kappa shape index (κ2) is 13.3. The minimum absolute atomic E-state index is 0.0202. The van der Waals surface area contributed by atoms with Gasteiger partial charge < -0.3 is 23.8 Å². The summed E-state index contributed by atoms with van der Waals surface area (Å²) in [6, 6.07) is 0.471. The molecule has 0 aromatic heterocycles. The van der Waals surface area contributed by atoms with Crippen LogP contribution in [-0.4, -0.2) is 63.1 Å². The number of likely N-dealkylation sites (tertiary alicyclic amines) is 1. The molecule has 1 fully saturated rings.